The van der Waals surface area contributed by atoms with Gasteiger partial charge in [0.2, 0.25) is 0 Å². The molecular formula is C12H15N3O4. The van der Waals surface area contributed by atoms with Crippen molar-refractivity contribution in [2.24, 2.45) is 11.7 Å². The van der Waals surface area contributed by atoms with Crippen LogP contribution in [0.3, 0.4) is 0 Å². The molecule has 0 spiro atoms. The first-order valence-electron chi connectivity index (χ1n) is 5.81. The van der Waals surface area contributed by atoms with E-state index in [1.807, 2.05) is 0 Å². The van der Waals surface area contributed by atoms with Gasteiger partial charge in [0.25, 0.3) is 5.91 Å². The zero-order valence-electron chi connectivity index (χ0n) is 10.4. The second-order valence-electron chi connectivity index (χ2n) is 4.41. The predicted octanol–water partition coefficient (Wildman–Crippen LogP) is -0.284. The number of hydrogen-bond donors (Lipinski definition) is 2. The third-order valence-corrected chi connectivity index (χ3v) is 3.21. The SMILES string of the molecule is CN(c1cccc(C(N)=O)n1)C1COCC1C(=O)O. The van der Waals surface area contributed by atoms with Gasteiger partial charge in [0.15, 0.2) is 0 Å². The number of nitrogens with zero attached hydrogens (tertiary/aromatic N) is 2. The lowest BCUT2D eigenvalue weighted by Gasteiger charge is -2.27. The first kappa shape index (κ1) is 13.3. The number of rotatable bonds is 4. The fourth-order valence-electron chi connectivity index (χ4n) is 2.09. The van der Waals surface area contributed by atoms with Crippen molar-refractivity contribution in [3.8, 4) is 0 Å². The summed E-state index contributed by atoms with van der Waals surface area (Å²) in [5.41, 5.74) is 5.32. The average Bonchev–Trinajstić information content (AvgIpc) is 2.87. The first-order valence-corrected chi connectivity index (χ1v) is 5.81. The Morgan fingerprint density at radius 2 is 2.21 bits per heavy atom. The highest BCUT2D eigenvalue weighted by molar-refractivity contribution is 5.91. The molecular weight excluding hydrogens is 250 g/mol. The molecule has 1 aliphatic rings. The van der Waals surface area contributed by atoms with Crippen LogP contribution in [0.5, 0.6) is 0 Å². The Morgan fingerprint density at radius 1 is 1.47 bits per heavy atom. The number of carbonyl (C=O) groups excluding carboxylic acids is 1. The van der Waals surface area contributed by atoms with Gasteiger partial charge in [0.1, 0.15) is 17.4 Å². The Labute approximate surface area is 110 Å². The van der Waals surface area contributed by atoms with Gasteiger partial charge in [0.05, 0.1) is 19.3 Å². The molecule has 19 heavy (non-hydrogen) atoms. The number of aromatic nitrogens is 1. The minimum absolute atomic E-state index is 0.148. The Kier molecular flexibility index (Phi) is 3.66. The van der Waals surface area contributed by atoms with Gasteiger partial charge in [0, 0.05) is 7.05 Å². The Hall–Kier alpha value is -2.15. The quantitative estimate of drug-likeness (QED) is 0.775. The topological polar surface area (TPSA) is 106 Å². The maximum absolute atomic E-state index is 11.1. The van der Waals surface area contributed by atoms with Crippen LogP contribution in [-0.2, 0) is 9.53 Å². The van der Waals surface area contributed by atoms with Crippen molar-refractivity contribution in [2.75, 3.05) is 25.2 Å². The van der Waals surface area contributed by atoms with E-state index in [-0.39, 0.29) is 18.3 Å². The second kappa shape index (κ2) is 5.23. The molecule has 2 atom stereocenters. The van der Waals surface area contributed by atoms with Crippen molar-refractivity contribution in [1.82, 2.24) is 4.98 Å². The predicted molar refractivity (Wildman–Crippen MR) is 66.9 cm³/mol. The van der Waals surface area contributed by atoms with Crippen LogP contribution in [0.2, 0.25) is 0 Å². The third-order valence-electron chi connectivity index (χ3n) is 3.21. The van der Waals surface area contributed by atoms with Crippen molar-refractivity contribution in [3.63, 3.8) is 0 Å². The standard InChI is InChI=1S/C12H15N3O4/c1-15(9-6-19-5-7(9)12(17)18)10-4-2-3-8(14-10)11(13)16/h2-4,7,9H,5-6H2,1H3,(H2,13,16)(H,17,18). The van der Waals surface area contributed by atoms with E-state index in [9.17, 15) is 9.59 Å². The zero-order chi connectivity index (χ0) is 14.0. The van der Waals surface area contributed by atoms with E-state index >= 15 is 0 Å². The largest absolute Gasteiger partial charge is 0.481 e. The van der Waals surface area contributed by atoms with Crippen molar-refractivity contribution in [1.29, 1.82) is 0 Å². The summed E-state index contributed by atoms with van der Waals surface area (Å²) in [6.07, 6.45) is 0. The highest BCUT2D eigenvalue weighted by Crippen LogP contribution is 2.23. The number of hydrogen-bond acceptors (Lipinski definition) is 5. The Morgan fingerprint density at radius 3 is 2.84 bits per heavy atom. The fourth-order valence-corrected chi connectivity index (χ4v) is 2.09. The number of amides is 1. The van der Waals surface area contributed by atoms with Crippen molar-refractivity contribution < 1.29 is 19.4 Å². The van der Waals surface area contributed by atoms with Gasteiger partial charge in [-0.25, -0.2) is 4.98 Å². The number of anilines is 1. The first-order chi connectivity index (χ1) is 9.00. The highest BCUT2D eigenvalue weighted by Gasteiger charge is 2.37. The van der Waals surface area contributed by atoms with Crippen LogP contribution in [0.25, 0.3) is 0 Å². The van der Waals surface area contributed by atoms with E-state index < -0.39 is 17.8 Å². The summed E-state index contributed by atoms with van der Waals surface area (Å²) in [5, 5.41) is 9.12. The number of carboxylic acid groups (broad SMARTS) is 1. The van der Waals surface area contributed by atoms with Crippen molar-refractivity contribution >= 4 is 17.7 Å². The molecule has 0 aromatic carbocycles. The number of carboxylic acids is 1. The second-order valence-corrected chi connectivity index (χ2v) is 4.41. The summed E-state index contributed by atoms with van der Waals surface area (Å²) < 4.78 is 5.21. The lowest BCUT2D eigenvalue weighted by molar-refractivity contribution is -0.141. The van der Waals surface area contributed by atoms with Crippen LogP contribution in [-0.4, -0.2) is 48.3 Å². The zero-order valence-corrected chi connectivity index (χ0v) is 10.4. The minimum atomic E-state index is -0.902. The highest BCUT2D eigenvalue weighted by atomic mass is 16.5. The summed E-state index contributed by atoms with van der Waals surface area (Å²) >= 11 is 0. The Bertz CT molecular complexity index is 506. The molecule has 1 saturated heterocycles. The molecule has 2 unspecified atom stereocenters. The molecule has 7 heteroatoms. The molecule has 0 bridgehead atoms. The lowest BCUT2D eigenvalue weighted by Crippen LogP contribution is -2.41. The maximum atomic E-state index is 11.1. The molecule has 7 nitrogen and oxygen atoms in total. The monoisotopic (exact) mass is 265 g/mol. The van der Waals surface area contributed by atoms with Gasteiger partial charge in [-0.2, -0.15) is 0 Å². The van der Waals surface area contributed by atoms with Crippen LogP contribution in [0.4, 0.5) is 5.82 Å². The van der Waals surface area contributed by atoms with Crippen LogP contribution < -0.4 is 10.6 Å². The molecule has 2 heterocycles. The van der Waals surface area contributed by atoms with E-state index in [1.165, 1.54) is 6.07 Å². The number of primary amides is 1. The summed E-state index contributed by atoms with van der Waals surface area (Å²) in [6, 6.07) is 4.56. The number of pyridine rings is 1. The van der Waals surface area contributed by atoms with E-state index in [0.29, 0.717) is 12.4 Å². The molecule has 0 radical (unpaired) electrons. The van der Waals surface area contributed by atoms with Gasteiger partial charge >= 0.3 is 5.97 Å². The smallest absolute Gasteiger partial charge is 0.311 e. The molecule has 0 saturated carbocycles. The molecule has 3 N–H and O–H groups in total. The summed E-state index contributed by atoms with van der Waals surface area (Å²) in [5.74, 6) is -1.63. The molecule has 1 amide bonds. The van der Waals surface area contributed by atoms with Crippen LogP contribution in [0.1, 0.15) is 10.5 Å². The number of nitrogens with two attached hydrogens (primary N) is 1. The van der Waals surface area contributed by atoms with E-state index in [2.05, 4.69) is 4.98 Å². The molecule has 1 aromatic heterocycles. The van der Waals surface area contributed by atoms with Gasteiger partial charge in [-0.15, -0.1) is 0 Å². The van der Waals surface area contributed by atoms with Crippen LogP contribution in [0.15, 0.2) is 18.2 Å². The number of carbonyl (C=O) groups is 2. The van der Waals surface area contributed by atoms with Crippen LogP contribution in [0, 0.1) is 5.92 Å². The van der Waals surface area contributed by atoms with Gasteiger partial charge in [-0.3, -0.25) is 9.59 Å². The minimum Gasteiger partial charge on any atom is -0.481 e. The number of likely N-dealkylation sites (N-methyl/N-ethyl adjacent to an activating group) is 1. The lowest BCUT2D eigenvalue weighted by atomic mass is 10.0. The molecule has 0 aliphatic carbocycles. The summed E-state index contributed by atoms with van der Waals surface area (Å²) in [6.45, 7) is 0.496. The maximum Gasteiger partial charge on any atom is 0.311 e. The van der Waals surface area contributed by atoms with E-state index in [4.69, 9.17) is 15.6 Å². The number of aliphatic carboxylic acids is 1. The van der Waals surface area contributed by atoms with Gasteiger partial charge in [-0.05, 0) is 12.1 Å². The molecule has 1 fully saturated rings. The van der Waals surface area contributed by atoms with Crippen molar-refractivity contribution in [3.05, 3.63) is 23.9 Å². The number of ether oxygens (including phenoxy) is 1. The van der Waals surface area contributed by atoms with Crippen LogP contribution >= 0.6 is 0 Å². The average molecular weight is 265 g/mol. The summed E-state index contributed by atoms with van der Waals surface area (Å²) in [4.78, 5) is 28.0. The van der Waals surface area contributed by atoms with E-state index in [1.54, 1.807) is 24.1 Å². The van der Waals surface area contributed by atoms with Gasteiger partial charge in [-0.1, -0.05) is 6.07 Å². The normalized spacial score (nSPS) is 22.2. The van der Waals surface area contributed by atoms with Gasteiger partial charge < -0.3 is 20.5 Å². The summed E-state index contributed by atoms with van der Waals surface area (Å²) in [7, 11) is 1.72. The van der Waals surface area contributed by atoms with Crippen molar-refractivity contribution in [2.45, 2.75) is 6.04 Å². The molecule has 2 rings (SSSR count). The third kappa shape index (κ3) is 2.65. The molecule has 1 aliphatic heterocycles. The molecule has 102 valence electrons. The molecule has 1 aromatic rings. The van der Waals surface area contributed by atoms with E-state index in [0.717, 1.165) is 0 Å². The Balaban J connectivity index is 2.23. The fraction of sp³-hybridized carbons (Fsp3) is 0.417.